The Kier molecular flexibility index (Phi) is 9.54. The number of carbonyl (C=O) groups excluding carboxylic acids is 2. The van der Waals surface area contributed by atoms with Crippen molar-refractivity contribution in [3.05, 3.63) is 100 Å². The van der Waals surface area contributed by atoms with Crippen molar-refractivity contribution in [1.29, 1.82) is 0 Å². The number of anilines is 2. The Morgan fingerprint density at radius 3 is 2.29 bits per heavy atom. The predicted octanol–water partition coefficient (Wildman–Crippen LogP) is 6.83. The van der Waals surface area contributed by atoms with E-state index < -0.39 is 6.03 Å². The number of aromatic nitrogens is 1. The van der Waals surface area contributed by atoms with Gasteiger partial charge in [-0.15, -0.1) is 0 Å². The normalized spacial score (nSPS) is 14.2. The largest absolute Gasteiger partial charge is 0.454 e. The van der Waals surface area contributed by atoms with Crippen molar-refractivity contribution >= 4 is 46.5 Å². The third kappa shape index (κ3) is 8.16. The van der Waals surface area contributed by atoms with Crippen LogP contribution in [-0.2, 0) is 17.8 Å². The molecule has 2 N–H and O–H groups in total. The fourth-order valence-corrected chi connectivity index (χ4v) is 5.39. The molecule has 1 fully saturated rings. The molecule has 0 unspecified atom stereocenters. The second-order valence-electron chi connectivity index (χ2n) is 10.7. The molecule has 6 rings (SSSR count). The zero-order valence-corrected chi connectivity index (χ0v) is 25.8. The van der Waals surface area contributed by atoms with Gasteiger partial charge in [0.05, 0.1) is 21.9 Å². The Hall–Kier alpha value is -4.51. The van der Waals surface area contributed by atoms with E-state index in [9.17, 15) is 9.59 Å². The Labute approximate surface area is 270 Å². The predicted molar refractivity (Wildman–Crippen MR) is 173 cm³/mol. The summed E-state index contributed by atoms with van der Waals surface area (Å²) < 4.78 is 16.7. The first-order valence-electron chi connectivity index (χ1n) is 14.5. The zero-order valence-electron chi connectivity index (χ0n) is 24.3. The van der Waals surface area contributed by atoms with Gasteiger partial charge >= 0.3 is 6.03 Å². The van der Waals surface area contributed by atoms with Crippen molar-refractivity contribution in [2.24, 2.45) is 0 Å². The standard InChI is InChI=1S/C33H31Cl2N5O5/c34-27-9-5-24(18-28(27)35)37-33(42)38-25-6-11-31(36-19-25)45-26-7-1-22(2-8-26)4-12-32(41)40-15-13-39(14-16-40)20-23-3-10-29-30(17-23)44-21-43-29/h1-3,5-11,17-19H,4,12-16,20-21H2,(H2,37,38,42). The Bertz CT molecular complexity index is 1660. The summed E-state index contributed by atoms with van der Waals surface area (Å²) in [4.78, 5) is 33.8. The monoisotopic (exact) mass is 647 g/mol. The molecule has 1 saturated heterocycles. The molecule has 45 heavy (non-hydrogen) atoms. The fourth-order valence-electron chi connectivity index (χ4n) is 5.09. The number of halogens is 2. The van der Waals surface area contributed by atoms with Crippen LogP contribution in [0.2, 0.25) is 10.0 Å². The summed E-state index contributed by atoms with van der Waals surface area (Å²) >= 11 is 11.9. The first-order valence-corrected chi connectivity index (χ1v) is 15.3. The van der Waals surface area contributed by atoms with E-state index in [-0.39, 0.29) is 12.7 Å². The van der Waals surface area contributed by atoms with Crippen LogP contribution in [-0.4, -0.2) is 59.7 Å². The quantitative estimate of drug-likeness (QED) is 0.205. The number of nitrogens with zero attached hydrogens (tertiary/aromatic N) is 3. The molecule has 12 heteroatoms. The minimum atomic E-state index is -0.446. The third-order valence-electron chi connectivity index (χ3n) is 7.51. The Morgan fingerprint density at radius 1 is 0.800 bits per heavy atom. The van der Waals surface area contributed by atoms with E-state index in [0.717, 1.165) is 49.8 Å². The maximum atomic E-state index is 12.9. The number of ether oxygens (including phenoxy) is 3. The summed E-state index contributed by atoms with van der Waals surface area (Å²) in [6.45, 7) is 4.21. The highest BCUT2D eigenvalue weighted by Gasteiger charge is 2.22. The molecule has 0 aliphatic carbocycles. The number of urea groups is 1. The van der Waals surface area contributed by atoms with Gasteiger partial charge in [0, 0.05) is 50.9 Å². The van der Waals surface area contributed by atoms with Crippen LogP contribution in [0.1, 0.15) is 17.5 Å². The molecule has 0 bridgehead atoms. The van der Waals surface area contributed by atoms with Crippen LogP contribution in [0.4, 0.5) is 16.2 Å². The van der Waals surface area contributed by atoms with Crippen molar-refractivity contribution in [3.8, 4) is 23.1 Å². The second-order valence-corrected chi connectivity index (χ2v) is 11.5. The molecule has 3 amide bonds. The van der Waals surface area contributed by atoms with E-state index in [1.165, 1.54) is 11.8 Å². The average molecular weight is 649 g/mol. The number of rotatable bonds is 9. The first kappa shape index (κ1) is 30.5. The van der Waals surface area contributed by atoms with Crippen LogP contribution >= 0.6 is 23.2 Å². The van der Waals surface area contributed by atoms with Gasteiger partial charge in [-0.25, -0.2) is 9.78 Å². The SMILES string of the molecule is O=C(Nc1ccc(Oc2ccc(CCC(=O)N3CCN(Cc4ccc5c(c4)OCO5)CC3)cc2)nc1)Nc1ccc(Cl)c(Cl)c1. The Morgan fingerprint density at radius 2 is 1.53 bits per heavy atom. The molecule has 4 aromatic rings. The number of piperazine rings is 1. The van der Waals surface area contributed by atoms with Crippen LogP contribution < -0.4 is 24.8 Å². The number of aryl methyl sites for hydroxylation is 1. The van der Waals surface area contributed by atoms with Gasteiger partial charge in [0.1, 0.15) is 5.75 Å². The fraction of sp³-hybridized carbons (Fsp3) is 0.242. The molecule has 1 aromatic heterocycles. The molecule has 10 nitrogen and oxygen atoms in total. The zero-order chi connectivity index (χ0) is 31.2. The Balaban J connectivity index is 0.910. The van der Waals surface area contributed by atoms with Crippen LogP contribution in [0.3, 0.4) is 0 Å². The van der Waals surface area contributed by atoms with Gasteiger partial charge in [-0.05, 0) is 66.1 Å². The van der Waals surface area contributed by atoms with Crippen LogP contribution in [0.25, 0.3) is 0 Å². The topological polar surface area (TPSA) is 105 Å². The number of carbonyl (C=O) groups is 2. The van der Waals surface area contributed by atoms with Gasteiger partial charge in [-0.2, -0.15) is 0 Å². The smallest absolute Gasteiger partial charge is 0.323 e. The van der Waals surface area contributed by atoms with E-state index in [1.54, 1.807) is 30.3 Å². The maximum absolute atomic E-state index is 12.9. The van der Waals surface area contributed by atoms with E-state index in [2.05, 4.69) is 26.6 Å². The van der Waals surface area contributed by atoms with Gasteiger partial charge in [-0.1, -0.05) is 41.4 Å². The second kappa shape index (κ2) is 14.1. The maximum Gasteiger partial charge on any atom is 0.323 e. The molecule has 2 aliphatic rings. The summed E-state index contributed by atoms with van der Waals surface area (Å²) in [5.74, 6) is 2.76. The minimum absolute atomic E-state index is 0.168. The van der Waals surface area contributed by atoms with Gasteiger partial charge in [0.25, 0.3) is 0 Å². The lowest BCUT2D eigenvalue weighted by atomic mass is 10.1. The molecule has 0 saturated carbocycles. The van der Waals surface area contributed by atoms with Gasteiger partial charge in [0.2, 0.25) is 18.6 Å². The highest BCUT2D eigenvalue weighted by Crippen LogP contribution is 2.33. The number of fused-ring (bicyclic) bond motifs is 1. The number of amides is 3. The summed E-state index contributed by atoms with van der Waals surface area (Å²) in [5, 5.41) is 6.14. The van der Waals surface area contributed by atoms with Crippen LogP contribution in [0.15, 0.2) is 79.0 Å². The minimum Gasteiger partial charge on any atom is -0.454 e. The lowest BCUT2D eigenvalue weighted by Gasteiger charge is -2.34. The summed E-state index contributed by atoms with van der Waals surface area (Å²) in [6.07, 6.45) is 2.61. The molecular weight excluding hydrogens is 617 g/mol. The van der Waals surface area contributed by atoms with E-state index >= 15 is 0 Å². The number of benzene rings is 3. The molecular formula is C33H31Cl2N5O5. The molecule has 3 aromatic carbocycles. The summed E-state index contributed by atoms with van der Waals surface area (Å²) in [7, 11) is 0. The van der Waals surface area contributed by atoms with Crippen molar-refractivity contribution < 1.29 is 23.8 Å². The van der Waals surface area contributed by atoms with Crippen molar-refractivity contribution in [2.45, 2.75) is 19.4 Å². The molecule has 0 spiro atoms. The molecule has 0 radical (unpaired) electrons. The molecule has 0 atom stereocenters. The third-order valence-corrected chi connectivity index (χ3v) is 8.25. The lowest BCUT2D eigenvalue weighted by molar-refractivity contribution is -0.133. The molecule has 232 valence electrons. The summed E-state index contributed by atoms with van der Waals surface area (Å²) in [6, 6.07) is 21.4. The van der Waals surface area contributed by atoms with E-state index in [1.807, 2.05) is 41.3 Å². The van der Waals surface area contributed by atoms with Crippen molar-refractivity contribution in [2.75, 3.05) is 43.6 Å². The van der Waals surface area contributed by atoms with E-state index in [4.69, 9.17) is 37.4 Å². The van der Waals surface area contributed by atoms with Crippen molar-refractivity contribution in [1.82, 2.24) is 14.8 Å². The molecule has 3 heterocycles. The molecule has 2 aliphatic heterocycles. The van der Waals surface area contributed by atoms with E-state index in [0.29, 0.717) is 45.9 Å². The van der Waals surface area contributed by atoms with Crippen LogP contribution in [0, 0.1) is 0 Å². The number of hydrogen-bond acceptors (Lipinski definition) is 7. The van der Waals surface area contributed by atoms with Gasteiger partial charge < -0.3 is 29.7 Å². The van der Waals surface area contributed by atoms with Gasteiger partial charge in [-0.3, -0.25) is 9.69 Å². The highest BCUT2D eigenvalue weighted by molar-refractivity contribution is 6.42. The number of hydrogen-bond donors (Lipinski definition) is 2. The van der Waals surface area contributed by atoms with Crippen molar-refractivity contribution in [3.63, 3.8) is 0 Å². The average Bonchev–Trinajstić information content (AvgIpc) is 3.52. The lowest BCUT2D eigenvalue weighted by Crippen LogP contribution is -2.48. The van der Waals surface area contributed by atoms with Crippen LogP contribution in [0.5, 0.6) is 23.1 Å². The number of nitrogens with one attached hydrogen (secondary N) is 2. The number of pyridine rings is 1. The summed E-state index contributed by atoms with van der Waals surface area (Å²) in [5.41, 5.74) is 3.23. The first-order chi connectivity index (χ1) is 21.9. The highest BCUT2D eigenvalue weighted by atomic mass is 35.5. The van der Waals surface area contributed by atoms with Gasteiger partial charge in [0.15, 0.2) is 11.5 Å².